The summed E-state index contributed by atoms with van der Waals surface area (Å²) in [6, 6.07) is 11.5. The van der Waals surface area contributed by atoms with E-state index < -0.39 is 34.9 Å². The quantitative estimate of drug-likeness (QED) is 0.0893. The largest absolute Gasteiger partial charge is 0.507 e. The fraction of sp³-hybridized carbons (Fsp3) is 0.100. The van der Waals surface area contributed by atoms with Gasteiger partial charge in [0.1, 0.15) is 34.4 Å². The number of aliphatic hydroxyl groups is 1. The van der Waals surface area contributed by atoms with Crippen LogP contribution in [0.1, 0.15) is 17.2 Å². The number of rotatable bonds is 2. The van der Waals surface area contributed by atoms with E-state index in [4.69, 9.17) is 13.6 Å². The van der Waals surface area contributed by atoms with Crippen molar-refractivity contribution in [3.63, 3.8) is 0 Å². The molecule has 2 unspecified atom stereocenters. The van der Waals surface area contributed by atoms with Crippen LogP contribution in [0.4, 0.5) is 0 Å². The van der Waals surface area contributed by atoms with Crippen LogP contribution < -0.4 is 10.2 Å². The molecule has 6 aromatic rings. The van der Waals surface area contributed by atoms with Gasteiger partial charge < -0.3 is 49.3 Å². The van der Waals surface area contributed by atoms with Crippen molar-refractivity contribution in [2.75, 3.05) is 0 Å². The van der Waals surface area contributed by atoms with Crippen LogP contribution in [0.15, 0.2) is 68.2 Å². The zero-order chi connectivity index (χ0) is 28.7. The molecule has 0 amide bonds. The van der Waals surface area contributed by atoms with Gasteiger partial charge in [-0.15, -0.1) is 0 Å². The second-order valence-corrected chi connectivity index (χ2v) is 9.89. The predicted octanol–water partition coefficient (Wildman–Crippen LogP) is 4.63. The summed E-state index contributed by atoms with van der Waals surface area (Å²) in [6.07, 6.45) is -2.14. The fourth-order valence-corrected chi connectivity index (χ4v) is 5.43. The standard InChI is InChI=1S/C30H20O11/c31-13-7-22-25-23(8-13)41-30-14-9-20(37)28(11-1-3-15(32)17(34)5-11)39-21(14)10-19(36)24(30)26(25)27(38)29(40-22)12-2-4-16(33)18(35)6-12/h1-8,10,20,28,32-38H,9H2. The molecule has 11 heteroatoms. The monoisotopic (exact) mass is 556 g/mol. The molecule has 0 bridgehead atoms. The molecule has 1 aliphatic heterocycles. The molecule has 2 atom stereocenters. The van der Waals surface area contributed by atoms with Gasteiger partial charge in [-0.2, -0.15) is 0 Å². The molecule has 11 nitrogen and oxygen atoms in total. The molecule has 0 aliphatic carbocycles. The Labute approximate surface area is 228 Å². The zero-order valence-corrected chi connectivity index (χ0v) is 20.8. The highest BCUT2D eigenvalue weighted by atomic mass is 16.5. The molecule has 206 valence electrons. The van der Waals surface area contributed by atoms with Gasteiger partial charge in [-0.3, -0.25) is 4.79 Å². The van der Waals surface area contributed by atoms with Crippen LogP contribution >= 0.6 is 0 Å². The lowest BCUT2D eigenvalue weighted by Crippen LogP contribution is -2.30. The minimum Gasteiger partial charge on any atom is -0.507 e. The van der Waals surface area contributed by atoms with Crippen LogP contribution in [-0.2, 0) is 6.42 Å². The topological polar surface area (TPSA) is 194 Å². The molecule has 41 heavy (non-hydrogen) atoms. The second-order valence-electron chi connectivity index (χ2n) is 9.89. The SMILES string of the molecule is O=c1cc2oc(-c3ccc(O)c(O)c3)c(O)c3c4c(O)cc5c(c4oc(c1)c23)CC(O)C(c1ccc(O)c(O)c1)O5. The molecule has 4 aromatic carbocycles. The Kier molecular flexibility index (Phi) is 5.06. The van der Waals surface area contributed by atoms with Crippen molar-refractivity contribution in [3.8, 4) is 51.6 Å². The Morgan fingerprint density at radius 2 is 1.37 bits per heavy atom. The Morgan fingerprint density at radius 1 is 0.683 bits per heavy atom. The Bertz CT molecular complexity index is 2120. The first kappa shape index (κ1) is 24.5. The van der Waals surface area contributed by atoms with Gasteiger partial charge in [-0.05, 0) is 35.9 Å². The van der Waals surface area contributed by atoms with E-state index in [1.54, 1.807) is 0 Å². The van der Waals surface area contributed by atoms with Gasteiger partial charge in [0.25, 0.3) is 0 Å². The lowest BCUT2D eigenvalue weighted by atomic mass is 9.91. The number of benzene rings is 4. The molecule has 0 fully saturated rings. The van der Waals surface area contributed by atoms with Crippen LogP contribution in [0.3, 0.4) is 0 Å². The van der Waals surface area contributed by atoms with E-state index in [2.05, 4.69) is 0 Å². The number of hydrogen-bond acceptors (Lipinski definition) is 11. The molecule has 0 saturated heterocycles. The maximum Gasteiger partial charge on any atom is 0.186 e. The van der Waals surface area contributed by atoms with Crippen molar-refractivity contribution in [1.82, 2.24) is 0 Å². The van der Waals surface area contributed by atoms with E-state index in [0.717, 1.165) is 0 Å². The summed E-state index contributed by atoms with van der Waals surface area (Å²) in [4.78, 5) is 12.6. The van der Waals surface area contributed by atoms with Crippen molar-refractivity contribution in [3.05, 3.63) is 75.9 Å². The maximum atomic E-state index is 12.6. The van der Waals surface area contributed by atoms with Gasteiger partial charge in [0.2, 0.25) is 0 Å². The molecule has 0 saturated carbocycles. The Balaban J connectivity index is 1.52. The van der Waals surface area contributed by atoms with Crippen LogP contribution in [0, 0.1) is 0 Å². The average molecular weight is 556 g/mol. The third kappa shape index (κ3) is 3.60. The van der Waals surface area contributed by atoms with E-state index in [0.29, 0.717) is 11.1 Å². The molecule has 7 rings (SSSR count). The van der Waals surface area contributed by atoms with Gasteiger partial charge in [0.05, 0.1) is 16.9 Å². The van der Waals surface area contributed by atoms with Gasteiger partial charge >= 0.3 is 0 Å². The van der Waals surface area contributed by atoms with E-state index in [1.165, 1.54) is 54.6 Å². The van der Waals surface area contributed by atoms with Gasteiger partial charge in [-0.1, -0.05) is 6.07 Å². The fourth-order valence-electron chi connectivity index (χ4n) is 5.43. The minimum absolute atomic E-state index is 0.0313. The molecule has 0 spiro atoms. The van der Waals surface area contributed by atoms with Gasteiger partial charge in [-0.25, -0.2) is 0 Å². The van der Waals surface area contributed by atoms with E-state index in [-0.39, 0.29) is 73.7 Å². The van der Waals surface area contributed by atoms with Crippen molar-refractivity contribution < 1.29 is 49.3 Å². The smallest absolute Gasteiger partial charge is 0.186 e. The molecular weight excluding hydrogens is 536 g/mol. The van der Waals surface area contributed by atoms with Crippen molar-refractivity contribution in [2.45, 2.75) is 18.6 Å². The van der Waals surface area contributed by atoms with Crippen molar-refractivity contribution in [2.24, 2.45) is 0 Å². The normalized spacial score (nSPS) is 16.7. The lowest BCUT2D eigenvalue weighted by Gasteiger charge is -2.31. The van der Waals surface area contributed by atoms with Crippen molar-refractivity contribution >= 4 is 32.9 Å². The molecule has 1 aliphatic rings. The summed E-state index contributed by atoms with van der Waals surface area (Å²) >= 11 is 0. The number of fused-ring (bicyclic) bond motifs is 4. The highest BCUT2D eigenvalue weighted by molar-refractivity contribution is 6.21. The molecule has 0 radical (unpaired) electrons. The van der Waals surface area contributed by atoms with Crippen LogP contribution in [0.25, 0.3) is 44.2 Å². The zero-order valence-electron chi connectivity index (χ0n) is 20.8. The first-order valence-corrected chi connectivity index (χ1v) is 12.4. The Morgan fingerprint density at radius 3 is 2.07 bits per heavy atom. The summed E-state index contributed by atoms with van der Waals surface area (Å²) in [5, 5.41) is 73.5. The van der Waals surface area contributed by atoms with Gasteiger partial charge in [0, 0.05) is 41.1 Å². The van der Waals surface area contributed by atoms with E-state index in [1.807, 2.05) is 0 Å². The minimum atomic E-state index is -1.15. The maximum absolute atomic E-state index is 12.6. The first-order chi connectivity index (χ1) is 19.6. The van der Waals surface area contributed by atoms with Crippen molar-refractivity contribution in [1.29, 1.82) is 0 Å². The highest BCUT2D eigenvalue weighted by Crippen LogP contribution is 2.51. The summed E-state index contributed by atoms with van der Waals surface area (Å²) in [5.41, 5.74) is 0.571. The molecule has 7 N–H and O–H groups in total. The third-order valence-electron chi connectivity index (χ3n) is 7.32. The number of hydrogen-bond donors (Lipinski definition) is 7. The number of aliphatic hydroxyl groups excluding tert-OH is 1. The molecule has 3 heterocycles. The number of phenolic OH excluding ortho intramolecular Hbond substituents is 5. The van der Waals surface area contributed by atoms with Crippen LogP contribution in [0.2, 0.25) is 0 Å². The number of aromatic hydroxyl groups is 6. The Hall–Kier alpha value is -5.55. The number of phenols is 5. The summed E-state index contributed by atoms with van der Waals surface area (Å²) < 4.78 is 18.0. The van der Waals surface area contributed by atoms with Crippen LogP contribution in [-0.4, -0.2) is 41.8 Å². The van der Waals surface area contributed by atoms with E-state index in [9.17, 15) is 40.5 Å². The third-order valence-corrected chi connectivity index (χ3v) is 7.32. The number of ether oxygens (including phenoxy) is 1. The second kappa shape index (κ2) is 8.47. The average Bonchev–Trinajstić information content (AvgIpc) is 2.93. The lowest BCUT2D eigenvalue weighted by molar-refractivity contribution is 0.0208. The summed E-state index contributed by atoms with van der Waals surface area (Å²) in [6.45, 7) is 0. The van der Waals surface area contributed by atoms with E-state index >= 15 is 0 Å². The molecule has 2 aromatic heterocycles. The summed E-state index contributed by atoms with van der Waals surface area (Å²) in [5.74, 6) is -2.34. The first-order valence-electron chi connectivity index (χ1n) is 12.4. The molecular formula is C30H20O11. The predicted molar refractivity (Wildman–Crippen MR) is 145 cm³/mol. The summed E-state index contributed by atoms with van der Waals surface area (Å²) in [7, 11) is 0. The highest BCUT2D eigenvalue weighted by Gasteiger charge is 2.34. The van der Waals surface area contributed by atoms with Crippen LogP contribution in [0.5, 0.6) is 40.2 Å². The van der Waals surface area contributed by atoms with Gasteiger partial charge in [0.15, 0.2) is 39.9 Å².